The standard InChI is InChI=1S/C11H14ClN5O2S/c1-18-10(19-2)6-17-11(14-15-16-17)20-7-8-3-4-13-5-9(8)12/h3-5,10H,6-7H2,1-2H3. The molecular formula is C11H14ClN5O2S. The van der Waals surface area contributed by atoms with Crippen LogP contribution < -0.4 is 0 Å². The van der Waals surface area contributed by atoms with E-state index >= 15 is 0 Å². The molecule has 0 aliphatic rings. The van der Waals surface area contributed by atoms with E-state index < -0.39 is 0 Å². The second kappa shape index (κ2) is 7.53. The molecule has 0 aliphatic carbocycles. The van der Waals surface area contributed by atoms with Gasteiger partial charge in [-0.3, -0.25) is 4.98 Å². The molecule has 0 fully saturated rings. The molecule has 7 nitrogen and oxygen atoms in total. The Kier molecular flexibility index (Phi) is 5.72. The second-order valence-electron chi connectivity index (χ2n) is 3.80. The zero-order chi connectivity index (χ0) is 14.4. The summed E-state index contributed by atoms with van der Waals surface area (Å²) in [7, 11) is 3.14. The average Bonchev–Trinajstić information content (AvgIpc) is 2.91. The van der Waals surface area contributed by atoms with Gasteiger partial charge in [-0.1, -0.05) is 23.4 Å². The minimum absolute atomic E-state index is 0.387. The molecule has 9 heteroatoms. The first-order valence-corrected chi connectivity index (χ1v) is 7.14. The van der Waals surface area contributed by atoms with Crippen molar-refractivity contribution < 1.29 is 9.47 Å². The lowest BCUT2D eigenvalue weighted by Crippen LogP contribution is -2.21. The Morgan fingerprint density at radius 2 is 2.20 bits per heavy atom. The first kappa shape index (κ1) is 15.2. The van der Waals surface area contributed by atoms with E-state index in [-0.39, 0.29) is 6.29 Å². The molecule has 0 amide bonds. The summed E-state index contributed by atoms with van der Waals surface area (Å²) in [5.74, 6) is 0.659. The van der Waals surface area contributed by atoms with Crippen molar-refractivity contribution in [2.24, 2.45) is 0 Å². The summed E-state index contributed by atoms with van der Waals surface area (Å²) < 4.78 is 11.9. The Labute approximate surface area is 125 Å². The van der Waals surface area contributed by atoms with Crippen LogP contribution in [0.1, 0.15) is 5.56 Å². The Hall–Kier alpha value is -1.22. The van der Waals surface area contributed by atoms with E-state index in [9.17, 15) is 0 Å². The molecule has 0 spiro atoms. The Balaban J connectivity index is 2.00. The summed E-state index contributed by atoms with van der Waals surface area (Å²) >= 11 is 7.55. The molecule has 0 radical (unpaired) electrons. The summed E-state index contributed by atoms with van der Waals surface area (Å²) in [5, 5.41) is 12.9. The quantitative estimate of drug-likeness (QED) is 0.568. The topological polar surface area (TPSA) is 75.0 Å². The smallest absolute Gasteiger partial charge is 0.209 e. The van der Waals surface area contributed by atoms with Crippen LogP contribution in [0.4, 0.5) is 0 Å². The molecule has 2 aromatic rings. The molecule has 2 heterocycles. The number of ether oxygens (including phenoxy) is 2. The third-order valence-electron chi connectivity index (χ3n) is 2.56. The number of aromatic nitrogens is 5. The van der Waals surface area contributed by atoms with E-state index in [0.717, 1.165) is 5.56 Å². The maximum absolute atomic E-state index is 6.06. The monoisotopic (exact) mass is 315 g/mol. The largest absolute Gasteiger partial charge is 0.354 e. The van der Waals surface area contributed by atoms with Crippen LogP contribution in [-0.4, -0.2) is 45.7 Å². The summed E-state index contributed by atoms with van der Waals surface area (Å²) in [6.07, 6.45) is 2.94. The lowest BCUT2D eigenvalue weighted by Gasteiger charge is -2.13. The van der Waals surface area contributed by atoms with Gasteiger partial charge in [-0.2, -0.15) is 0 Å². The van der Waals surface area contributed by atoms with Gasteiger partial charge in [-0.05, 0) is 22.1 Å². The third kappa shape index (κ3) is 3.89. The summed E-state index contributed by atoms with van der Waals surface area (Å²) in [4.78, 5) is 3.95. The van der Waals surface area contributed by atoms with Crippen molar-refractivity contribution in [3.8, 4) is 0 Å². The van der Waals surface area contributed by atoms with Crippen molar-refractivity contribution >= 4 is 23.4 Å². The highest BCUT2D eigenvalue weighted by atomic mass is 35.5. The normalized spacial score (nSPS) is 11.2. The molecule has 0 saturated heterocycles. The minimum Gasteiger partial charge on any atom is -0.354 e. The second-order valence-corrected chi connectivity index (χ2v) is 5.15. The number of hydrogen-bond donors (Lipinski definition) is 0. The molecular weight excluding hydrogens is 302 g/mol. The van der Waals surface area contributed by atoms with E-state index in [0.29, 0.717) is 22.5 Å². The van der Waals surface area contributed by atoms with Crippen LogP contribution in [0.2, 0.25) is 5.02 Å². The number of thioether (sulfide) groups is 1. The van der Waals surface area contributed by atoms with E-state index in [4.69, 9.17) is 21.1 Å². The van der Waals surface area contributed by atoms with E-state index in [1.54, 1.807) is 31.3 Å². The average molecular weight is 316 g/mol. The van der Waals surface area contributed by atoms with Crippen molar-refractivity contribution in [3.05, 3.63) is 29.0 Å². The Morgan fingerprint density at radius 3 is 2.90 bits per heavy atom. The zero-order valence-electron chi connectivity index (χ0n) is 11.1. The van der Waals surface area contributed by atoms with Crippen molar-refractivity contribution in [1.29, 1.82) is 0 Å². The molecule has 108 valence electrons. The third-order valence-corrected chi connectivity index (χ3v) is 3.91. The van der Waals surface area contributed by atoms with Crippen molar-refractivity contribution in [2.45, 2.75) is 23.7 Å². The lowest BCUT2D eigenvalue weighted by atomic mass is 10.3. The summed E-state index contributed by atoms with van der Waals surface area (Å²) in [6, 6.07) is 1.87. The fourth-order valence-corrected chi connectivity index (χ4v) is 2.62. The van der Waals surface area contributed by atoms with Gasteiger partial charge < -0.3 is 9.47 Å². The van der Waals surface area contributed by atoms with E-state index in [1.165, 1.54) is 11.8 Å². The van der Waals surface area contributed by atoms with Gasteiger partial charge in [0.05, 0.1) is 11.6 Å². The maximum Gasteiger partial charge on any atom is 0.209 e. The van der Waals surface area contributed by atoms with Crippen LogP contribution in [0.15, 0.2) is 23.6 Å². The van der Waals surface area contributed by atoms with Gasteiger partial charge in [0.1, 0.15) is 0 Å². The highest BCUT2D eigenvalue weighted by molar-refractivity contribution is 7.98. The summed E-state index contributed by atoms with van der Waals surface area (Å²) in [6.45, 7) is 0.423. The molecule has 0 N–H and O–H groups in total. The number of halogens is 1. The van der Waals surface area contributed by atoms with Crippen LogP contribution in [-0.2, 0) is 21.8 Å². The highest BCUT2D eigenvalue weighted by Crippen LogP contribution is 2.24. The van der Waals surface area contributed by atoms with Crippen LogP contribution in [0.3, 0.4) is 0 Å². The molecule has 0 aliphatic heterocycles. The highest BCUT2D eigenvalue weighted by Gasteiger charge is 2.13. The molecule has 0 unspecified atom stereocenters. The van der Waals surface area contributed by atoms with Crippen LogP contribution in [0, 0.1) is 0 Å². The van der Waals surface area contributed by atoms with Crippen molar-refractivity contribution in [1.82, 2.24) is 25.2 Å². The minimum atomic E-state index is -0.387. The number of tetrazole rings is 1. The van der Waals surface area contributed by atoms with Gasteiger partial charge in [0.2, 0.25) is 5.16 Å². The number of rotatable bonds is 7. The van der Waals surface area contributed by atoms with Gasteiger partial charge in [-0.25, -0.2) is 4.68 Å². The molecule has 0 atom stereocenters. The number of pyridine rings is 1. The fraction of sp³-hybridized carbons (Fsp3) is 0.455. The molecule has 2 aromatic heterocycles. The Bertz CT molecular complexity index is 549. The van der Waals surface area contributed by atoms with Gasteiger partial charge in [0.15, 0.2) is 6.29 Å². The molecule has 0 aromatic carbocycles. The van der Waals surface area contributed by atoms with Crippen molar-refractivity contribution in [3.63, 3.8) is 0 Å². The Morgan fingerprint density at radius 1 is 1.40 bits per heavy atom. The predicted octanol–water partition coefficient (Wildman–Crippen LogP) is 1.63. The van der Waals surface area contributed by atoms with Gasteiger partial charge in [0, 0.05) is 32.4 Å². The van der Waals surface area contributed by atoms with E-state index in [2.05, 4.69) is 20.5 Å². The predicted molar refractivity (Wildman–Crippen MR) is 74.4 cm³/mol. The van der Waals surface area contributed by atoms with Crippen LogP contribution in [0.5, 0.6) is 0 Å². The fourth-order valence-electron chi connectivity index (χ4n) is 1.46. The first-order chi connectivity index (χ1) is 9.74. The van der Waals surface area contributed by atoms with Crippen LogP contribution in [0.25, 0.3) is 0 Å². The number of nitrogens with zero attached hydrogens (tertiary/aromatic N) is 5. The van der Waals surface area contributed by atoms with E-state index in [1.807, 2.05) is 6.07 Å². The molecule has 2 rings (SSSR count). The first-order valence-electron chi connectivity index (χ1n) is 5.77. The maximum atomic E-state index is 6.06. The molecule has 0 saturated carbocycles. The molecule has 20 heavy (non-hydrogen) atoms. The van der Waals surface area contributed by atoms with Gasteiger partial charge >= 0.3 is 0 Å². The SMILES string of the molecule is COC(Cn1nnnc1SCc1ccncc1Cl)OC. The molecule has 0 bridgehead atoms. The number of hydrogen-bond acceptors (Lipinski definition) is 7. The van der Waals surface area contributed by atoms with Crippen LogP contribution >= 0.6 is 23.4 Å². The van der Waals surface area contributed by atoms with Gasteiger partial charge in [0.25, 0.3) is 0 Å². The zero-order valence-corrected chi connectivity index (χ0v) is 12.6. The lowest BCUT2D eigenvalue weighted by molar-refractivity contribution is -0.113. The van der Waals surface area contributed by atoms with Gasteiger partial charge in [-0.15, -0.1) is 5.10 Å². The summed E-state index contributed by atoms with van der Waals surface area (Å²) in [5.41, 5.74) is 0.983. The van der Waals surface area contributed by atoms with Crippen molar-refractivity contribution in [2.75, 3.05) is 14.2 Å². The number of methoxy groups -OCH3 is 2.